The van der Waals surface area contributed by atoms with Crippen LogP contribution in [-0.2, 0) is 13.0 Å². The van der Waals surface area contributed by atoms with E-state index in [0.717, 1.165) is 69.7 Å². The number of aryl methyl sites for hydroxylation is 1. The summed E-state index contributed by atoms with van der Waals surface area (Å²) in [6.45, 7) is 11.1. The third-order valence-corrected chi connectivity index (χ3v) is 5.63. The number of hydrogen-bond acceptors (Lipinski definition) is 5. The van der Waals surface area contributed by atoms with Gasteiger partial charge in [-0.1, -0.05) is 6.07 Å². The highest BCUT2D eigenvalue weighted by Gasteiger charge is 2.21. The second-order valence-corrected chi connectivity index (χ2v) is 7.74. The molecule has 0 radical (unpaired) electrons. The number of rotatable bonds is 6. The molecular weight excluding hydrogens is 505 g/mol. The van der Waals surface area contributed by atoms with Crippen LogP contribution >= 0.6 is 24.0 Å². The van der Waals surface area contributed by atoms with Crippen molar-refractivity contribution >= 4 is 29.9 Å². The molecule has 0 atom stereocenters. The van der Waals surface area contributed by atoms with E-state index in [1.165, 1.54) is 16.7 Å². The smallest absolute Gasteiger partial charge is 0.231 e. The molecular formula is C23H32IN5O2. The van der Waals surface area contributed by atoms with Crippen molar-refractivity contribution in [3.8, 4) is 11.5 Å². The normalized spacial score (nSPS) is 16.2. The number of nitrogens with zero attached hydrogens (tertiary/aromatic N) is 4. The van der Waals surface area contributed by atoms with E-state index in [1.54, 1.807) is 0 Å². The summed E-state index contributed by atoms with van der Waals surface area (Å²) in [5, 5.41) is 3.46. The van der Waals surface area contributed by atoms with E-state index in [9.17, 15) is 0 Å². The summed E-state index contributed by atoms with van der Waals surface area (Å²) in [5.41, 5.74) is 3.81. The van der Waals surface area contributed by atoms with Gasteiger partial charge in [0.25, 0.3) is 0 Å². The van der Waals surface area contributed by atoms with Gasteiger partial charge in [0, 0.05) is 58.2 Å². The van der Waals surface area contributed by atoms with Crippen LogP contribution in [-0.4, -0.2) is 66.8 Å². The number of benzene rings is 1. The molecule has 31 heavy (non-hydrogen) atoms. The largest absolute Gasteiger partial charge is 0.454 e. The lowest BCUT2D eigenvalue weighted by molar-refractivity contribution is 0.171. The first-order valence-corrected chi connectivity index (χ1v) is 10.8. The van der Waals surface area contributed by atoms with Gasteiger partial charge in [0.2, 0.25) is 6.79 Å². The Morgan fingerprint density at radius 3 is 2.71 bits per heavy atom. The monoisotopic (exact) mass is 537 g/mol. The second kappa shape index (κ2) is 11.5. The number of fused-ring (bicyclic) bond motifs is 1. The molecule has 1 aromatic carbocycles. The average molecular weight is 537 g/mol. The molecule has 0 unspecified atom stereocenters. The fourth-order valence-corrected chi connectivity index (χ4v) is 3.91. The van der Waals surface area contributed by atoms with Crippen LogP contribution < -0.4 is 14.8 Å². The lowest BCUT2D eigenvalue weighted by Crippen LogP contribution is -2.52. The number of ether oxygens (including phenoxy) is 2. The fourth-order valence-electron chi connectivity index (χ4n) is 3.91. The van der Waals surface area contributed by atoms with Crippen LogP contribution in [0.2, 0.25) is 0 Å². The second-order valence-electron chi connectivity index (χ2n) is 7.74. The van der Waals surface area contributed by atoms with Crippen LogP contribution in [0.1, 0.15) is 23.6 Å². The van der Waals surface area contributed by atoms with Crippen molar-refractivity contribution < 1.29 is 9.47 Å². The maximum absolute atomic E-state index is 5.50. The summed E-state index contributed by atoms with van der Waals surface area (Å²) in [6.07, 6.45) is 4.72. The van der Waals surface area contributed by atoms with Gasteiger partial charge in [-0.05, 0) is 55.2 Å². The summed E-state index contributed by atoms with van der Waals surface area (Å²) in [6, 6.07) is 8.33. The molecule has 3 heterocycles. The van der Waals surface area contributed by atoms with Gasteiger partial charge in [-0.25, -0.2) is 0 Å². The van der Waals surface area contributed by atoms with Gasteiger partial charge < -0.3 is 19.7 Å². The van der Waals surface area contributed by atoms with Crippen molar-refractivity contribution in [1.82, 2.24) is 20.1 Å². The van der Waals surface area contributed by atoms with Crippen molar-refractivity contribution in [3.63, 3.8) is 0 Å². The maximum atomic E-state index is 5.50. The Hall–Kier alpha value is -2.07. The molecule has 0 amide bonds. The summed E-state index contributed by atoms with van der Waals surface area (Å²) >= 11 is 0. The highest BCUT2D eigenvalue weighted by atomic mass is 127. The molecule has 4 rings (SSSR count). The molecule has 8 heteroatoms. The quantitative estimate of drug-likeness (QED) is 0.348. The number of nitrogens with one attached hydrogen (secondary N) is 1. The van der Waals surface area contributed by atoms with Gasteiger partial charge in [0.05, 0.1) is 0 Å². The summed E-state index contributed by atoms with van der Waals surface area (Å²) in [5.74, 6) is 2.72. The minimum Gasteiger partial charge on any atom is -0.454 e. The number of pyridine rings is 1. The predicted octanol–water partition coefficient (Wildman–Crippen LogP) is 3.06. The lowest BCUT2D eigenvalue weighted by atomic mass is 10.1. The van der Waals surface area contributed by atoms with Gasteiger partial charge in [-0.2, -0.15) is 0 Å². The van der Waals surface area contributed by atoms with Gasteiger partial charge in [0.1, 0.15) is 0 Å². The summed E-state index contributed by atoms with van der Waals surface area (Å²) in [4.78, 5) is 13.9. The van der Waals surface area contributed by atoms with E-state index in [1.807, 2.05) is 18.5 Å². The molecule has 0 bridgehead atoms. The van der Waals surface area contributed by atoms with Crippen molar-refractivity contribution in [1.29, 1.82) is 0 Å². The molecule has 168 valence electrons. The topological polar surface area (TPSA) is 62.2 Å². The number of piperazine rings is 1. The maximum Gasteiger partial charge on any atom is 0.231 e. The van der Waals surface area contributed by atoms with Gasteiger partial charge in [-0.3, -0.25) is 14.9 Å². The third-order valence-electron chi connectivity index (χ3n) is 5.63. The summed E-state index contributed by atoms with van der Waals surface area (Å²) < 4.78 is 10.9. The Balaban J connectivity index is 0.00000272. The third kappa shape index (κ3) is 6.22. The Morgan fingerprint density at radius 1 is 1.13 bits per heavy atom. The highest BCUT2D eigenvalue weighted by Crippen LogP contribution is 2.32. The minimum absolute atomic E-state index is 0. The van der Waals surface area contributed by atoms with Gasteiger partial charge >= 0.3 is 0 Å². The van der Waals surface area contributed by atoms with Crippen LogP contribution in [0.15, 0.2) is 41.7 Å². The van der Waals surface area contributed by atoms with Crippen molar-refractivity contribution in [3.05, 3.63) is 53.3 Å². The number of halogens is 1. The first kappa shape index (κ1) is 23.6. The van der Waals surface area contributed by atoms with E-state index in [-0.39, 0.29) is 24.0 Å². The Morgan fingerprint density at radius 2 is 1.94 bits per heavy atom. The van der Waals surface area contributed by atoms with Gasteiger partial charge in [0.15, 0.2) is 17.5 Å². The zero-order valence-corrected chi connectivity index (χ0v) is 20.7. The van der Waals surface area contributed by atoms with E-state index in [0.29, 0.717) is 6.79 Å². The van der Waals surface area contributed by atoms with Crippen LogP contribution in [0.3, 0.4) is 0 Å². The van der Waals surface area contributed by atoms with E-state index < -0.39 is 0 Å². The molecule has 1 aromatic heterocycles. The molecule has 7 nitrogen and oxygen atoms in total. The molecule has 1 fully saturated rings. The molecule has 1 saturated heterocycles. The predicted molar refractivity (Wildman–Crippen MR) is 133 cm³/mol. The Bertz CT molecular complexity index is 884. The highest BCUT2D eigenvalue weighted by molar-refractivity contribution is 14.0. The molecule has 2 aliphatic rings. The summed E-state index contributed by atoms with van der Waals surface area (Å²) in [7, 11) is 0. The fraction of sp³-hybridized carbons (Fsp3) is 0.478. The van der Waals surface area contributed by atoms with Crippen LogP contribution in [0.25, 0.3) is 0 Å². The first-order chi connectivity index (χ1) is 14.7. The number of guanidine groups is 1. The molecule has 0 saturated carbocycles. The van der Waals surface area contributed by atoms with Crippen LogP contribution in [0.4, 0.5) is 0 Å². The van der Waals surface area contributed by atoms with Crippen LogP contribution in [0, 0.1) is 6.92 Å². The standard InChI is InChI=1S/C23H31N5O2.HI/c1-3-25-23(26-9-7-20-6-8-24-15-18(20)2)28-12-10-27(11-13-28)16-19-4-5-21-22(14-19)30-17-29-21;/h4-6,8,14-15H,3,7,9-13,16-17H2,1-2H3,(H,25,26);1H. The molecule has 0 spiro atoms. The number of aromatic nitrogens is 1. The van der Waals surface area contributed by atoms with Crippen molar-refractivity contribution in [2.45, 2.75) is 26.8 Å². The SMILES string of the molecule is CCNC(=NCCc1ccncc1C)N1CCN(Cc2ccc3c(c2)OCO3)CC1.I. The average Bonchev–Trinajstić information content (AvgIpc) is 3.23. The molecule has 2 aliphatic heterocycles. The number of aliphatic imine (C=N–C) groups is 1. The lowest BCUT2D eigenvalue weighted by Gasteiger charge is -2.36. The Labute approximate surface area is 201 Å². The van der Waals surface area contributed by atoms with Crippen molar-refractivity contribution in [2.75, 3.05) is 46.1 Å². The Kier molecular flexibility index (Phi) is 8.77. The van der Waals surface area contributed by atoms with Crippen LogP contribution in [0.5, 0.6) is 11.5 Å². The first-order valence-electron chi connectivity index (χ1n) is 10.8. The minimum atomic E-state index is 0. The van der Waals surface area contributed by atoms with Gasteiger partial charge in [-0.15, -0.1) is 24.0 Å². The molecule has 1 N–H and O–H groups in total. The van der Waals surface area contributed by atoms with E-state index >= 15 is 0 Å². The zero-order chi connectivity index (χ0) is 20.8. The molecule has 0 aliphatic carbocycles. The van der Waals surface area contributed by atoms with Crippen molar-refractivity contribution in [2.24, 2.45) is 4.99 Å². The molecule has 2 aromatic rings. The number of hydrogen-bond donors (Lipinski definition) is 1. The van der Waals surface area contributed by atoms with E-state index in [4.69, 9.17) is 14.5 Å². The van der Waals surface area contributed by atoms with E-state index in [2.05, 4.69) is 52.1 Å². The zero-order valence-electron chi connectivity index (χ0n) is 18.3.